The molecule has 1 aliphatic heterocycles. The molecule has 4 heteroatoms. The van der Waals surface area contributed by atoms with E-state index in [-0.39, 0.29) is 0 Å². The molecule has 4 nitrogen and oxygen atoms in total. The lowest BCUT2D eigenvalue weighted by Gasteiger charge is -2.20. The Kier molecular flexibility index (Phi) is 3.53. The summed E-state index contributed by atoms with van der Waals surface area (Å²) in [7, 11) is 1.82. The van der Waals surface area contributed by atoms with Crippen LogP contribution in [-0.2, 0) is 0 Å². The summed E-state index contributed by atoms with van der Waals surface area (Å²) in [5.74, 6) is 0. The molecule has 0 unspecified atom stereocenters. The standard InChI is InChI=1S/C21H20N4/c1-13-9-18-20(11-16(13)22)25(15-7-5-4-6-8-15)21-12-17(23-3)14(2)10-19(21)24-18/h4-12H,22H2,1-3H3. The van der Waals surface area contributed by atoms with Crippen LogP contribution in [0.1, 0.15) is 11.1 Å². The number of rotatable bonds is 1. The molecule has 2 aromatic rings. The van der Waals surface area contributed by atoms with Gasteiger partial charge in [-0.25, -0.2) is 4.98 Å². The van der Waals surface area contributed by atoms with Crippen LogP contribution in [0.5, 0.6) is 0 Å². The fourth-order valence-electron chi connectivity index (χ4n) is 3.26. The molecule has 0 aromatic heterocycles. The number of benzene rings is 3. The first-order valence-electron chi connectivity index (χ1n) is 8.30. The highest BCUT2D eigenvalue weighted by Crippen LogP contribution is 2.30. The molecule has 2 N–H and O–H groups in total. The van der Waals surface area contributed by atoms with E-state index in [1.54, 1.807) is 0 Å². The number of anilines is 1. The number of nitrogens with zero attached hydrogens (tertiary/aromatic N) is 3. The lowest BCUT2D eigenvalue weighted by molar-refractivity contribution is 1.06. The van der Waals surface area contributed by atoms with Gasteiger partial charge in [0.2, 0.25) is 0 Å². The Balaban J connectivity index is 2.25. The highest BCUT2D eigenvalue weighted by atomic mass is 15.0. The zero-order valence-electron chi connectivity index (χ0n) is 14.6. The molecule has 0 amide bonds. The van der Waals surface area contributed by atoms with Crippen molar-refractivity contribution in [2.45, 2.75) is 13.8 Å². The van der Waals surface area contributed by atoms with Gasteiger partial charge >= 0.3 is 0 Å². The first kappa shape index (κ1) is 15.4. The Morgan fingerprint density at radius 2 is 1.72 bits per heavy atom. The summed E-state index contributed by atoms with van der Waals surface area (Å²) in [6.45, 7) is 4.08. The second-order valence-electron chi connectivity index (χ2n) is 6.33. The zero-order chi connectivity index (χ0) is 17.6. The van der Waals surface area contributed by atoms with Crippen LogP contribution in [-0.4, -0.2) is 16.6 Å². The predicted molar refractivity (Wildman–Crippen MR) is 103 cm³/mol. The molecule has 0 radical (unpaired) electrons. The number of para-hydroxylation sites is 1. The van der Waals surface area contributed by atoms with Crippen molar-refractivity contribution in [3.63, 3.8) is 0 Å². The van der Waals surface area contributed by atoms with Crippen molar-refractivity contribution in [1.82, 2.24) is 9.55 Å². The van der Waals surface area contributed by atoms with Gasteiger partial charge in [0.25, 0.3) is 0 Å². The summed E-state index contributed by atoms with van der Waals surface area (Å²) in [5.41, 5.74) is 14.1. The van der Waals surface area contributed by atoms with Crippen molar-refractivity contribution >= 4 is 16.7 Å². The summed E-state index contributed by atoms with van der Waals surface area (Å²) in [6.07, 6.45) is 0. The van der Waals surface area contributed by atoms with Gasteiger partial charge in [-0.1, -0.05) is 18.2 Å². The molecule has 124 valence electrons. The van der Waals surface area contributed by atoms with Crippen molar-refractivity contribution in [2.24, 2.45) is 4.99 Å². The third-order valence-electron chi connectivity index (χ3n) is 4.63. The third kappa shape index (κ3) is 2.47. The van der Waals surface area contributed by atoms with Crippen molar-refractivity contribution in [3.8, 4) is 17.1 Å². The zero-order valence-corrected chi connectivity index (χ0v) is 14.6. The first-order valence-corrected chi connectivity index (χ1v) is 8.30. The summed E-state index contributed by atoms with van der Waals surface area (Å²) in [4.78, 5) is 9.28. The minimum Gasteiger partial charge on any atom is -0.398 e. The molecule has 0 spiro atoms. The second-order valence-corrected chi connectivity index (χ2v) is 6.33. The summed E-state index contributed by atoms with van der Waals surface area (Å²) in [5, 5.41) is 0.971. The smallest absolute Gasteiger partial charge is 0.0882 e. The number of nitrogens with two attached hydrogens (primary N) is 1. The molecule has 0 saturated carbocycles. The number of aryl methyl sites for hydroxylation is 2. The van der Waals surface area contributed by atoms with Crippen LogP contribution in [0.15, 0.2) is 59.6 Å². The minimum atomic E-state index is 0.769. The maximum atomic E-state index is 6.20. The quantitative estimate of drug-likeness (QED) is 0.426. The maximum Gasteiger partial charge on any atom is 0.0882 e. The Morgan fingerprint density at radius 3 is 2.44 bits per heavy atom. The van der Waals surface area contributed by atoms with E-state index in [1.807, 2.05) is 38.2 Å². The highest BCUT2D eigenvalue weighted by Gasteiger charge is 2.16. The number of fused-ring (bicyclic) bond motifs is 2. The summed E-state index contributed by atoms with van der Waals surface area (Å²) >= 11 is 0. The first-order chi connectivity index (χ1) is 12.1. The van der Waals surface area contributed by atoms with Crippen LogP contribution in [0.4, 0.5) is 5.69 Å². The van der Waals surface area contributed by atoms with Gasteiger partial charge in [0.1, 0.15) is 0 Å². The van der Waals surface area contributed by atoms with Crippen LogP contribution in [0.2, 0.25) is 0 Å². The van der Waals surface area contributed by atoms with Crippen molar-refractivity contribution in [2.75, 3.05) is 12.8 Å². The van der Waals surface area contributed by atoms with Crippen LogP contribution < -0.4 is 11.1 Å². The molecule has 0 atom stereocenters. The van der Waals surface area contributed by atoms with E-state index in [4.69, 9.17) is 10.7 Å². The van der Waals surface area contributed by atoms with Gasteiger partial charge in [0.05, 0.1) is 27.8 Å². The Labute approximate surface area is 146 Å². The van der Waals surface area contributed by atoms with Gasteiger partial charge in [0.15, 0.2) is 0 Å². The molecule has 4 rings (SSSR count). The molecule has 25 heavy (non-hydrogen) atoms. The molecule has 1 aliphatic carbocycles. The lowest BCUT2D eigenvalue weighted by atomic mass is 10.1. The summed E-state index contributed by atoms with van der Waals surface area (Å²) in [6, 6.07) is 18.5. The van der Waals surface area contributed by atoms with E-state index in [9.17, 15) is 0 Å². The van der Waals surface area contributed by atoms with E-state index >= 15 is 0 Å². The largest absolute Gasteiger partial charge is 0.398 e. The molecular weight excluding hydrogens is 308 g/mol. The molecule has 0 fully saturated rings. The fraction of sp³-hybridized carbons (Fsp3) is 0.143. The molecule has 0 saturated heterocycles. The predicted octanol–water partition coefficient (Wildman–Crippen LogP) is 3.86. The average molecular weight is 328 g/mol. The number of aromatic nitrogens is 2. The van der Waals surface area contributed by atoms with Gasteiger partial charge in [0, 0.05) is 18.4 Å². The Bertz CT molecular complexity index is 1120. The van der Waals surface area contributed by atoms with Gasteiger partial charge in [-0.15, -0.1) is 0 Å². The average Bonchev–Trinajstić information content (AvgIpc) is 2.61. The molecule has 0 bridgehead atoms. The number of hydrogen-bond acceptors (Lipinski definition) is 3. The Hall–Kier alpha value is -3.14. The number of nitrogen functional groups attached to an aromatic ring is 1. The van der Waals surface area contributed by atoms with E-state index in [0.29, 0.717) is 0 Å². The number of hydrogen-bond donors (Lipinski definition) is 1. The van der Waals surface area contributed by atoms with Crippen LogP contribution in [0.25, 0.3) is 28.1 Å². The van der Waals surface area contributed by atoms with Crippen molar-refractivity contribution in [1.29, 1.82) is 0 Å². The van der Waals surface area contributed by atoms with Crippen LogP contribution in [0, 0.1) is 13.8 Å². The second kappa shape index (κ2) is 5.74. The molecule has 1 heterocycles. The normalized spacial score (nSPS) is 12.2. The van der Waals surface area contributed by atoms with Crippen molar-refractivity contribution < 1.29 is 0 Å². The third-order valence-corrected chi connectivity index (χ3v) is 4.63. The molecule has 2 aliphatic rings. The Morgan fingerprint density at radius 1 is 0.960 bits per heavy atom. The van der Waals surface area contributed by atoms with Crippen molar-refractivity contribution in [3.05, 3.63) is 71.1 Å². The van der Waals surface area contributed by atoms with Gasteiger partial charge in [-0.05, 0) is 61.4 Å². The lowest BCUT2D eigenvalue weighted by Crippen LogP contribution is -2.13. The highest BCUT2D eigenvalue weighted by molar-refractivity contribution is 5.86. The maximum absolute atomic E-state index is 6.20. The monoisotopic (exact) mass is 328 g/mol. The molecule has 2 aromatic carbocycles. The molecular formula is C21H20N4. The van der Waals surface area contributed by atoms with Gasteiger partial charge in [-0.3, -0.25) is 4.99 Å². The van der Waals surface area contributed by atoms with Crippen LogP contribution >= 0.6 is 0 Å². The van der Waals surface area contributed by atoms with E-state index in [0.717, 1.165) is 50.3 Å². The summed E-state index contributed by atoms with van der Waals surface area (Å²) < 4.78 is 2.21. The van der Waals surface area contributed by atoms with Crippen LogP contribution in [0.3, 0.4) is 0 Å². The minimum absolute atomic E-state index is 0.769. The van der Waals surface area contributed by atoms with Gasteiger partial charge < -0.3 is 10.3 Å². The van der Waals surface area contributed by atoms with E-state index in [1.165, 1.54) is 0 Å². The fourth-order valence-corrected chi connectivity index (χ4v) is 3.26. The van der Waals surface area contributed by atoms with E-state index < -0.39 is 0 Å². The van der Waals surface area contributed by atoms with E-state index in [2.05, 4.69) is 46.8 Å². The SMILES string of the molecule is CN=c1cc2n(-c3ccccc3)c3cc(N)c(C)cc3nc-2cc1C. The van der Waals surface area contributed by atoms with Gasteiger partial charge in [-0.2, -0.15) is 0 Å². The topological polar surface area (TPSA) is 56.2 Å².